The Balaban J connectivity index is 2.40. The number of nitrogens with one attached hydrogen (secondary N) is 8. The number of carbonyl (C=O) groups is 14. The van der Waals surface area contributed by atoms with Gasteiger partial charge in [0.25, 0.3) is 0 Å². The summed E-state index contributed by atoms with van der Waals surface area (Å²) in [6, 6.07) is -15.0. The molecular formula is C55H96N16O16S. The number of carbonyl (C=O) groups excluding carboxylic acids is 12. The van der Waals surface area contributed by atoms with Crippen LogP contribution in [0.1, 0.15) is 143 Å². The van der Waals surface area contributed by atoms with Gasteiger partial charge in [0.15, 0.2) is 0 Å². The molecule has 12 amide bonds. The smallest absolute Gasteiger partial charge is 0.326 e. The van der Waals surface area contributed by atoms with Gasteiger partial charge in [-0.25, -0.2) is 4.79 Å². The van der Waals surface area contributed by atoms with Crippen LogP contribution in [0.3, 0.4) is 0 Å². The van der Waals surface area contributed by atoms with Crippen molar-refractivity contribution in [2.75, 3.05) is 44.7 Å². The molecular weight excluding hydrogens is 1170 g/mol. The second-order valence-electron chi connectivity index (χ2n) is 22.2. The lowest BCUT2D eigenvalue weighted by Gasteiger charge is -2.35. The Morgan fingerprint density at radius 1 is 0.523 bits per heavy atom. The van der Waals surface area contributed by atoms with Crippen LogP contribution in [0.15, 0.2) is 0 Å². The number of hydrogen-bond donors (Lipinski definition) is 16. The number of aliphatic carboxylic acids is 2. The molecule has 498 valence electrons. The Hall–Kier alpha value is -7.23. The second-order valence-corrected chi connectivity index (χ2v) is 23.2. The predicted octanol–water partition coefficient (Wildman–Crippen LogP) is -4.92. The maximum atomic E-state index is 14.6. The highest BCUT2D eigenvalue weighted by Gasteiger charge is 2.45. The molecule has 2 heterocycles. The van der Waals surface area contributed by atoms with E-state index in [2.05, 4.69) is 42.5 Å². The molecule has 0 aromatic rings. The zero-order valence-corrected chi connectivity index (χ0v) is 51.8. The average Bonchev–Trinajstić information content (AvgIpc) is 1.78. The van der Waals surface area contributed by atoms with Gasteiger partial charge in [-0.15, -0.1) is 0 Å². The van der Waals surface area contributed by atoms with E-state index in [1.807, 2.05) is 13.2 Å². The van der Waals surface area contributed by atoms with Gasteiger partial charge in [0.2, 0.25) is 70.9 Å². The van der Waals surface area contributed by atoms with Crippen LogP contribution in [0, 0.1) is 5.92 Å². The minimum atomic E-state index is -1.92. The molecule has 33 heteroatoms. The average molecular weight is 1270 g/mol. The normalized spacial score (nSPS) is 18.0. The third-order valence-corrected chi connectivity index (χ3v) is 15.9. The van der Waals surface area contributed by atoms with Crippen molar-refractivity contribution >= 4 is 94.6 Å². The van der Waals surface area contributed by atoms with E-state index in [1.54, 1.807) is 6.92 Å². The quantitative estimate of drug-likeness (QED) is 0.0254. The fourth-order valence-corrected chi connectivity index (χ4v) is 10.4. The molecule has 2 saturated heterocycles. The summed E-state index contributed by atoms with van der Waals surface area (Å²) in [6.07, 6.45) is 2.65. The number of nitrogens with two attached hydrogens (primary N) is 6. The number of unbranched alkanes of at least 4 members (excludes halogenated alkanes) is 3. The predicted molar refractivity (Wildman–Crippen MR) is 322 cm³/mol. The number of amides is 12. The zero-order chi connectivity index (χ0) is 66.2. The van der Waals surface area contributed by atoms with Crippen LogP contribution in [0.25, 0.3) is 0 Å². The van der Waals surface area contributed by atoms with E-state index in [1.165, 1.54) is 28.5 Å². The largest absolute Gasteiger partial charge is 0.481 e. The first-order valence-electron chi connectivity index (χ1n) is 30.1. The van der Waals surface area contributed by atoms with Gasteiger partial charge in [-0.1, -0.05) is 20.3 Å². The van der Waals surface area contributed by atoms with Gasteiger partial charge in [0, 0.05) is 19.5 Å². The maximum Gasteiger partial charge on any atom is 0.326 e. The summed E-state index contributed by atoms with van der Waals surface area (Å²) < 4.78 is 0. The van der Waals surface area contributed by atoms with Crippen LogP contribution < -0.4 is 76.9 Å². The Labute approximate surface area is 516 Å². The maximum absolute atomic E-state index is 14.6. The molecule has 32 nitrogen and oxygen atoms in total. The van der Waals surface area contributed by atoms with Gasteiger partial charge in [0.1, 0.15) is 60.4 Å². The Morgan fingerprint density at radius 3 is 1.45 bits per heavy atom. The standard InChI is InChI=1S/C55H96N16O16S/c1-5-30(2)44(69-45(76)31(3)62-46(77)32(59)21-27-88-4)54(85)71-26-13-18-40(71)53(84)70-25-12-17-39(70)52(83)65-34(15-7-10-23-57)47(78)63-33(14-6-9-22-56)48(79)67-37(28-42(61)73)50(81)64-35(19-20-41(60)72)49(80)68-38(29-43(74)75)51(82)66-36(55(86)87)16-8-11-24-58/h30-40,44H,5-29,56-59H2,1-4H3,(H2,60,72)(H2,61,73)(H,62,77)(H,63,78)(H,64,81)(H,65,83)(H,66,82)(H,67,79)(H,68,80)(H,69,76)(H,74,75)(H,86,87)/t30-,31-,32-,33-,34-,35-,36-,37-,38-,39-,40-,44-/m0/s1. The summed E-state index contributed by atoms with van der Waals surface area (Å²) >= 11 is 1.52. The van der Waals surface area contributed by atoms with Crippen molar-refractivity contribution in [1.82, 2.24) is 52.3 Å². The highest BCUT2D eigenvalue weighted by atomic mass is 32.2. The minimum absolute atomic E-state index is 0.00129. The molecule has 2 rings (SSSR count). The van der Waals surface area contributed by atoms with Crippen molar-refractivity contribution in [3.63, 3.8) is 0 Å². The van der Waals surface area contributed by atoms with Gasteiger partial charge in [-0.3, -0.25) is 62.3 Å². The Bertz CT molecular complexity index is 2410. The third kappa shape index (κ3) is 26.2. The lowest BCUT2D eigenvalue weighted by atomic mass is 9.97. The SMILES string of the molecule is CC[C@H](C)[C@H](NC(=O)[C@H](C)NC(=O)[C@@H](N)CCSC)C(=O)N1CCC[C@H]1C(=O)N1CCC[C@H]1C(=O)N[C@@H](CCCCN)C(=O)N[C@@H](CCCCN)C(=O)N[C@@H](CC(N)=O)C(=O)N[C@@H](CCC(N)=O)C(=O)N[C@@H](CC(=O)O)C(=O)N[C@@H](CCCCN)C(=O)O. The lowest BCUT2D eigenvalue weighted by molar-refractivity contribution is -0.148. The summed E-state index contributed by atoms with van der Waals surface area (Å²) in [5.74, 6) is -13.4. The van der Waals surface area contributed by atoms with Gasteiger partial charge in [0.05, 0.1) is 18.9 Å². The van der Waals surface area contributed by atoms with Crippen molar-refractivity contribution in [3.05, 3.63) is 0 Å². The zero-order valence-electron chi connectivity index (χ0n) is 51.0. The number of rotatable bonds is 43. The van der Waals surface area contributed by atoms with E-state index in [0.29, 0.717) is 57.1 Å². The summed E-state index contributed by atoms with van der Waals surface area (Å²) in [5, 5.41) is 39.0. The Morgan fingerprint density at radius 2 is 0.977 bits per heavy atom. The van der Waals surface area contributed by atoms with Crippen molar-refractivity contribution < 1.29 is 77.3 Å². The summed E-state index contributed by atoms with van der Waals surface area (Å²) in [7, 11) is 0. The number of thioether (sulfide) groups is 1. The second kappa shape index (κ2) is 40.3. The van der Waals surface area contributed by atoms with Crippen LogP contribution >= 0.6 is 11.8 Å². The highest BCUT2D eigenvalue weighted by Crippen LogP contribution is 2.27. The van der Waals surface area contributed by atoms with Crippen molar-refractivity contribution in [2.24, 2.45) is 40.3 Å². The van der Waals surface area contributed by atoms with Crippen molar-refractivity contribution in [2.45, 2.75) is 209 Å². The molecule has 0 unspecified atom stereocenters. The van der Waals surface area contributed by atoms with Crippen LogP contribution in [0.2, 0.25) is 0 Å². The first-order chi connectivity index (χ1) is 41.6. The van der Waals surface area contributed by atoms with Gasteiger partial charge < -0.3 is 96.9 Å². The minimum Gasteiger partial charge on any atom is -0.481 e. The van der Waals surface area contributed by atoms with Gasteiger partial charge in [-0.2, -0.15) is 11.8 Å². The molecule has 0 saturated carbocycles. The Kier molecular flexibility index (Phi) is 35.2. The lowest BCUT2D eigenvalue weighted by Crippen LogP contribution is -2.61. The van der Waals surface area contributed by atoms with Gasteiger partial charge in [-0.05, 0) is 141 Å². The fourth-order valence-electron chi connectivity index (χ4n) is 9.94. The first-order valence-corrected chi connectivity index (χ1v) is 31.5. The molecule has 0 aromatic heterocycles. The van der Waals surface area contributed by atoms with E-state index >= 15 is 0 Å². The molecule has 12 atom stereocenters. The van der Waals surface area contributed by atoms with Crippen molar-refractivity contribution in [1.29, 1.82) is 0 Å². The fraction of sp³-hybridized carbons (Fsp3) is 0.745. The van der Waals surface area contributed by atoms with E-state index in [-0.39, 0.29) is 77.7 Å². The van der Waals surface area contributed by atoms with Gasteiger partial charge >= 0.3 is 11.9 Å². The molecule has 2 aliphatic rings. The van der Waals surface area contributed by atoms with E-state index in [0.717, 1.165) is 0 Å². The van der Waals surface area contributed by atoms with E-state index < -0.39 is 181 Å². The molecule has 0 aliphatic carbocycles. The molecule has 22 N–H and O–H groups in total. The van der Waals surface area contributed by atoms with Crippen LogP contribution in [0.5, 0.6) is 0 Å². The number of carboxylic acid groups (broad SMARTS) is 2. The molecule has 0 spiro atoms. The molecule has 0 aromatic carbocycles. The topological polar surface area (TPSA) is 538 Å². The molecule has 2 aliphatic heterocycles. The van der Waals surface area contributed by atoms with E-state index in [9.17, 15) is 77.3 Å². The first kappa shape index (κ1) is 76.9. The number of nitrogens with zero attached hydrogens (tertiary/aromatic N) is 2. The highest BCUT2D eigenvalue weighted by molar-refractivity contribution is 7.98. The number of carboxylic acids is 2. The van der Waals surface area contributed by atoms with Crippen LogP contribution in [-0.4, -0.2) is 214 Å². The molecule has 2 fully saturated rings. The molecule has 0 radical (unpaired) electrons. The number of hydrogen-bond acceptors (Lipinski definition) is 19. The third-order valence-electron chi connectivity index (χ3n) is 15.2. The van der Waals surface area contributed by atoms with Crippen molar-refractivity contribution in [3.8, 4) is 0 Å². The summed E-state index contributed by atoms with van der Waals surface area (Å²) in [6.45, 7) is 6.00. The summed E-state index contributed by atoms with van der Waals surface area (Å²) in [5.41, 5.74) is 33.9. The molecule has 88 heavy (non-hydrogen) atoms. The van der Waals surface area contributed by atoms with Crippen LogP contribution in [-0.2, 0) is 67.1 Å². The molecule has 0 bridgehead atoms. The summed E-state index contributed by atoms with van der Waals surface area (Å²) in [4.78, 5) is 190. The monoisotopic (exact) mass is 1270 g/mol. The van der Waals surface area contributed by atoms with Crippen LogP contribution in [0.4, 0.5) is 0 Å². The number of likely N-dealkylation sites (tertiary alicyclic amines) is 2. The number of primary amides is 2. The van der Waals surface area contributed by atoms with E-state index in [4.69, 9.17) is 34.4 Å².